The molecular formula is C20H13ClF3NO3S. The zero-order chi connectivity index (χ0) is 21.2. The number of carbonyl (C=O) groups excluding carboxylic acids is 1. The van der Waals surface area contributed by atoms with E-state index >= 15 is 0 Å². The number of benzene rings is 3. The van der Waals surface area contributed by atoms with Crippen molar-refractivity contribution in [3.05, 3.63) is 94.5 Å². The van der Waals surface area contributed by atoms with Gasteiger partial charge in [0.25, 0.3) is 10.0 Å². The van der Waals surface area contributed by atoms with Crippen molar-refractivity contribution in [3.8, 4) is 0 Å². The van der Waals surface area contributed by atoms with E-state index in [4.69, 9.17) is 11.6 Å². The van der Waals surface area contributed by atoms with Gasteiger partial charge in [-0.15, -0.1) is 0 Å². The van der Waals surface area contributed by atoms with E-state index in [1.165, 1.54) is 36.4 Å². The van der Waals surface area contributed by atoms with Crippen LogP contribution in [0.2, 0.25) is 5.02 Å². The van der Waals surface area contributed by atoms with E-state index in [2.05, 4.69) is 4.72 Å². The number of carbonyl (C=O) groups is 1. The number of halogens is 4. The third-order valence-electron chi connectivity index (χ3n) is 3.99. The molecule has 150 valence electrons. The SMILES string of the molecule is O=C(c1ccccc1)c1cc(Cl)ccc1NS(=O)(=O)c1ccccc1C(F)(F)F. The highest BCUT2D eigenvalue weighted by molar-refractivity contribution is 7.92. The van der Waals surface area contributed by atoms with Crippen LogP contribution in [-0.4, -0.2) is 14.2 Å². The molecule has 0 saturated carbocycles. The van der Waals surface area contributed by atoms with Gasteiger partial charge in [-0.3, -0.25) is 9.52 Å². The fraction of sp³-hybridized carbons (Fsp3) is 0.0500. The molecule has 0 aliphatic heterocycles. The molecule has 0 fully saturated rings. The Kier molecular flexibility index (Phi) is 5.68. The average molecular weight is 440 g/mol. The molecule has 1 N–H and O–H groups in total. The number of nitrogens with one attached hydrogen (secondary N) is 1. The van der Waals surface area contributed by atoms with E-state index in [0.29, 0.717) is 6.07 Å². The van der Waals surface area contributed by atoms with Gasteiger partial charge in [-0.25, -0.2) is 8.42 Å². The monoisotopic (exact) mass is 439 g/mol. The van der Waals surface area contributed by atoms with Gasteiger partial charge in [0.05, 0.1) is 16.1 Å². The lowest BCUT2D eigenvalue weighted by Crippen LogP contribution is -2.20. The van der Waals surface area contributed by atoms with Crippen molar-refractivity contribution in [3.63, 3.8) is 0 Å². The van der Waals surface area contributed by atoms with Gasteiger partial charge >= 0.3 is 6.18 Å². The van der Waals surface area contributed by atoms with Crippen LogP contribution in [0, 0.1) is 0 Å². The largest absolute Gasteiger partial charge is 0.417 e. The first-order valence-electron chi connectivity index (χ1n) is 8.18. The summed E-state index contributed by atoms with van der Waals surface area (Å²) in [5, 5.41) is 0.169. The van der Waals surface area contributed by atoms with E-state index in [0.717, 1.165) is 12.1 Å². The number of rotatable bonds is 5. The Morgan fingerprint density at radius 1 is 0.897 bits per heavy atom. The molecule has 0 heterocycles. The average Bonchev–Trinajstić information content (AvgIpc) is 2.69. The summed E-state index contributed by atoms with van der Waals surface area (Å²) in [5.74, 6) is -0.532. The quantitative estimate of drug-likeness (QED) is 0.542. The first kappa shape index (κ1) is 20.9. The molecule has 0 aliphatic carbocycles. The van der Waals surface area contributed by atoms with Gasteiger partial charge < -0.3 is 0 Å². The van der Waals surface area contributed by atoms with Crippen LogP contribution < -0.4 is 4.72 Å². The summed E-state index contributed by atoms with van der Waals surface area (Å²) >= 11 is 5.94. The molecule has 29 heavy (non-hydrogen) atoms. The molecule has 0 bridgehead atoms. The smallest absolute Gasteiger partial charge is 0.289 e. The predicted octanol–water partition coefficient (Wildman–Crippen LogP) is 5.39. The van der Waals surface area contributed by atoms with Gasteiger partial charge in [0.1, 0.15) is 0 Å². The van der Waals surface area contributed by atoms with Gasteiger partial charge in [0, 0.05) is 16.1 Å². The summed E-state index contributed by atoms with van der Waals surface area (Å²) < 4.78 is 67.2. The molecule has 9 heteroatoms. The number of ketones is 1. The number of alkyl halides is 3. The Balaban J connectivity index is 2.07. The second-order valence-corrected chi connectivity index (χ2v) is 8.07. The fourth-order valence-corrected chi connectivity index (χ4v) is 4.15. The summed E-state index contributed by atoms with van der Waals surface area (Å²) in [4.78, 5) is 11.9. The van der Waals surface area contributed by atoms with Crippen LogP contribution in [0.3, 0.4) is 0 Å². The Morgan fingerprint density at radius 2 is 1.52 bits per heavy atom. The van der Waals surface area contributed by atoms with Crippen LogP contribution in [0.25, 0.3) is 0 Å². The van der Waals surface area contributed by atoms with Gasteiger partial charge in [0.15, 0.2) is 5.78 Å². The van der Waals surface area contributed by atoms with Gasteiger partial charge in [-0.1, -0.05) is 54.1 Å². The molecule has 0 unspecified atom stereocenters. The van der Waals surface area contributed by atoms with Crippen LogP contribution >= 0.6 is 11.6 Å². The normalized spacial score (nSPS) is 11.9. The zero-order valence-electron chi connectivity index (χ0n) is 14.6. The standard InChI is InChI=1S/C20H13ClF3NO3S/c21-14-10-11-17(15(12-14)19(26)13-6-2-1-3-7-13)25-29(27,28)18-9-5-4-8-16(18)20(22,23)24/h1-12,25H. The molecule has 3 aromatic rings. The van der Waals surface area contributed by atoms with Crippen LogP contribution in [-0.2, 0) is 16.2 Å². The summed E-state index contributed by atoms with van der Waals surface area (Å²) in [6.45, 7) is 0. The molecule has 4 nitrogen and oxygen atoms in total. The fourth-order valence-electron chi connectivity index (χ4n) is 2.67. The molecule has 0 aliphatic rings. The number of hydrogen-bond donors (Lipinski definition) is 1. The van der Waals surface area contributed by atoms with Crippen molar-refractivity contribution in [2.24, 2.45) is 0 Å². The molecule has 3 aromatic carbocycles. The molecule has 0 saturated heterocycles. The van der Waals surface area contributed by atoms with Crippen LogP contribution in [0.1, 0.15) is 21.5 Å². The number of anilines is 1. The zero-order valence-corrected chi connectivity index (χ0v) is 16.1. The molecule has 0 aromatic heterocycles. The molecule has 0 amide bonds. The van der Waals surface area contributed by atoms with E-state index in [1.54, 1.807) is 18.2 Å². The maximum atomic E-state index is 13.2. The lowest BCUT2D eigenvalue weighted by Gasteiger charge is -2.16. The van der Waals surface area contributed by atoms with Gasteiger partial charge in [0.2, 0.25) is 0 Å². The van der Waals surface area contributed by atoms with Crippen LogP contribution in [0.5, 0.6) is 0 Å². The van der Waals surface area contributed by atoms with Crippen LogP contribution in [0.4, 0.5) is 18.9 Å². The number of sulfonamides is 1. The van der Waals surface area contributed by atoms with Crippen molar-refractivity contribution < 1.29 is 26.4 Å². The van der Waals surface area contributed by atoms with Crippen molar-refractivity contribution >= 4 is 33.1 Å². The van der Waals surface area contributed by atoms with E-state index in [9.17, 15) is 26.4 Å². The number of hydrogen-bond acceptors (Lipinski definition) is 3. The highest BCUT2D eigenvalue weighted by atomic mass is 35.5. The van der Waals surface area contributed by atoms with Crippen molar-refractivity contribution in [1.29, 1.82) is 0 Å². The lowest BCUT2D eigenvalue weighted by molar-refractivity contribution is -0.139. The van der Waals surface area contributed by atoms with E-state index in [1.807, 2.05) is 0 Å². The topological polar surface area (TPSA) is 63.2 Å². The summed E-state index contributed by atoms with van der Waals surface area (Å²) in [5.41, 5.74) is -1.31. The second kappa shape index (κ2) is 7.88. The van der Waals surface area contributed by atoms with Crippen LogP contribution in [0.15, 0.2) is 77.7 Å². The highest BCUT2D eigenvalue weighted by Gasteiger charge is 2.37. The van der Waals surface area contributed by atoms with Gasteiger partial charge in [-0.2, -0.15) is 13.2 Å². The maximum Gasteiger partial charge on any atom is 0.417 e. The van der Waals surface area contributed by atoms with Crippen molar-refractivity contribution in [2.75, 3.05) is 4.72 Å². The molecule has 3 rings (SSSR count). The van der Waals surface area contributed by atoms with E-state index in [-0.39, 0.29) is 21.8 Å². The summed E-state index contributed by atoms with van der Waals surface area (Å²) in [6, 6.07) is 15.6. The Hall–Kier alpha value is -2.84. The summed E-state index contributed by atoms with van der Waals surface area (Å²) in [7, 11) is -4.64. The molecule has 0 spiro atoms. The van der Waals surface area contributed by atoms with Gasteiger partial charge in [-0.05, 0) is 30.3 Å². The Bertz CT molecular complexity index is 1160. The Morgan fingerprint density at radius 3 is 2.17 bits per heavy atom. The highest BCUT2D eigenvalue weighted by Crippen LogP contribution is 2.35. The van der Waals surface area contributed by atoms with E-state index < -0.39 is 32.4 Å². The third kappa shape index (κ3) is 4.60. The molecule has 0 atom stereocenters. The second-order valence-electron chi connectivity index (χ2n) is 5.98. The van der Waals surface area contributed by atoms with Crippen molar-refractivity contribution in [1.82, 2.24) is 0 Å². The molecule has 0 radical (unpaired) electrons. The Labute approximate surface area is 170 Å². The van der Waals surface area contributed by atoms with Crippen molar-refractivity contribution in [2.45, 2.75) is 11.1 Å². The maximum absolute atomic E-state index is 13.2. The molecular weight excluding hydrogens is 427 g/mol. The summed E-state index contributed by atoms with van der Waals surface area (Å²) in [6.07, 6.45) is -4.87. The predicted molar refractivity (Wildman–Crippen MR) is 104 cm³/mol. The lowest BCUT2D eigenvalue weighted by atomic mass is 10.0. The first-order valence-corrected chi connectivity index (χ1v) is 10.0. The minimum atomic E-state index is -4.87. The minimum absolute atomic E-state index is 0.0863. The first-order chi connectivity index (χ1) is 13.6. The minimum Gasteiger partial charge on any atom is -0.289 e. The third-order valence-corrected chi connectivity index (χ3v) is 5.65.